The topological polar surface area (TPSA) is 64.7 Å². The summed E-state index contributed by atoms with van der Waals surface area (Å²) >= 11 is 5.33. The number of benzene rings is 8. The average molecular weight is 1390 g/mol. The van der Waals surface area contributed by atoms with Gasteiger partial charge in [-0.15, -0.1) is 34.0 Å². The first-order valence-electron chi connectivity index (χ1n) is 35.0. The number of aryl methyl sites for hydroxylation is 6. The summed E-state index contributed by atoms with van der Waals surface area (Å²) in [6.45, 7) is 12.8. The van der Waals surface area contributed by atoms with Crippen LogP contribution < -0.4 is 0 Å². The average Bonchev–Trinajstić information content (AvgIpc) is 1.61. The number of rotatable bonds is 8. The van der Waals surface area contributed by atoms with Crippen LogP contribution in [-0.4, -0.2) is 19.9 Å². The van der Waals surface area contributed by atoms with Crippen LogP contribution in [0.25, 0.3) is 177 Å². The first kappa shape index (κ1) is 63.9. The van der Waals surface area contributed by atoms with Crippen molar-refractivity contribution in [3.63, 3.8) is 0 Å². The zero-order chi connectivity index (χ0) is 70.1. The fourth-order valence-electron chi connectivity index (χ4n) is 14.2. The lowest BCUT2D eigenvalue weighted by Gasteiger charge is -2.07. The van der Waals surface area contributed by atoms with Gasteiger partial charge in [-0.05, 0) is 207 Å². The Kier molecular flexibility index (Phi) is 16.4. The molecule has 0 saturated heterocycles. The van der Waals surface area contributed by atoms with Gasteiger partial charge in [0.1, 0.15) is 11.2 Å². The maximum absolute atomic E-state index is 7.10. The lowest BCUT2D eigenvalue weighted by Crippen LogP contribution is -1.88. The van der Waals surface area contributed by atoms with E-state index in [-0.39, 0.29) is 0 Å². The molecule has 10 heterocycles. The maximum Gasteiger partial charge on any atom is 0.137 e. The van der Waals surface area contributed by atoms with E-state index in [2.05, 4.69) is 345 Å². The van der Waals surface area contributed by atoms with E-state index in [1.165, 1.54) is 33.4 Å². The van der Waals surface area contributed by atoms with Gasteiger partial charge < -0.3 is 4.42 Å². The number of thiophene rings is 3. The molecule has 0 aliphatic carbocycles. The molecule has 4 aliphatic rings. The van der Waals surface area contributed by atoms with Gasteiger partial charge in [0.2, 0.25) is 0 Å². The standard InChI is InChI=1S/C96H66N4OS3/c1-57-7-25-65(26-8-57)89-73-41-43-75(97-73)91(67-29-11-59(3)12-30-67)83-53-55-87(103-83)95(76-44-42-74(98-76)90(82-50-49-81(89)101-82)66-27-9-58(2)10-28-66)71-37-21-63(22-38-71)19-20-64-23-39-72(40-24-64)96-80-48-47-79(100-80)94(70-35-17-62(6)18-36-70)85-52-51-84(102-85)92(68-31-13-60(4)14-32-68)77-45-46-78(99-77)93(86-54-56-88(96)104-86)69-33-15-61(5)16-34-69/h7-18,21-56H,1-6H3. The van der Waals surface area contributed by atoms with Crippen molar-refractivity contribution in [3.05, 3.63) is 333 Å². The van der Waals surface area contributed by atoms with E-state index in [1.807, 2.05) is 0 Å². The first-order valence-corrected chi connectivity index (χ1v) is 37.5. The Bertz CT molecular complexity index is 5910. The number of aromatic nitrogens is 4. The first-order chi connectivity index (χ1) is 50.9. The molecule has 0 radical (unpaired) electrons. The highest BCUT2D eigenvalue weighted by Gasteiger charge is 2.23. The number of nitrogens with zero attached hydrogens (tertiary/aromatic N) is 4. The number of hydrogen-bond acceptors (Lipinski definition) is 8. The predicted octanol–water partition coefficient (Wildman–Crippen LogP) is 26.7. The molecule has 4 aliphatic heterocycles. The quantitative estimate of drug-likeness (QED) is 0.142. The van der Waals surface area contributed by atoms with Crippen LogP contribution in [0.3, 0.4) is 0 Å². The molecule has 18 rings (SSSR count). The zero-order valence-electron chi connectivity index (χ0n) is 58.1. The Morgan fingerprint density at radius 2 is 0.375 bits per heavy atom. The monoisotopic (exact) mass is 1390 g/mol. The highest BCUT2D eigenvalue weighted by Crippen LogP contribution is 2.46. The molecule has 494 valence electrons. The summed E-state index contributed by atoms with van der Waals surface area (Å²) in [6, 6.07) is 87.6. The molecule has 0 N–H and O–H groups in total. The minimum atomic E-state index is 0.721. The van der Waals surface area contributed by atoms with Crippen LogP contribution in [0.4, 0.5) is 0 Å². The van der Waals surface area contributed by atoms with Crippen molar-refractivity contribution in [2.24, 2.45) is 0 Å². The lowest BCUT2D eigenvalue weighted by atomic mass is 10.0. The third-order valence-corrected chi connectivity index (χ3v) is 23.1. The van der Waals surface area contributed by atoms with Crippen LogP contribution >= 0.6 is 34.0 Å². The molecule has 104 heavy (non-hydrogen) atoms. The van der Waals surface area contributed by atoms with Gasteiger partial charge in [0.05, 0.1) is 56.7 Å². The minimum absolute atomic E-state index is 0.721. The molecule has 8 heteroatoms. The second kappa shape index (κ2) is 26.6. The van der Waals surface area contributed by atoms with Gasteiger partial charge in [-0.25, -0.2) is 19.9 Å². The normalized spacial score (nSPS) is 12.1. The second-order valence-electron chi connectivity index (χ2n) is 27.1. The Balaban J connectivity index is 0.768. The second-order valence-corrected chi connectivity index (χ2v) is 30.4. The van der Waals surface area contributed by atoms with E-state index < -0.39 is 0 Å². The van der Waals surface area contributed by atoms with E-state index in [0.717, 1.165) is 185 Å². The van der Waals surface area contributed by atoms with Crippen molar-refractivity contribution < 1.29 is 4.42 Å². The molecule has 5 nitrogen and oxygen atoms in total. The zero-order valence-corrected chi connectivity index (χ0v) is 60.6. The molecule has 0 amide bonds. The van der Waals surface area contributed by atoms with Gasteiger partial charge >= 0.3 is 0 Å². The van der Waals surface area contributed by atoms with Gasteiger partial charge in [0, 0.05) is 72.7 Å². The van der Waals surface area contributed by atoms with Crippen LogP contribution in [0.15, 0.2) is 247 Å². The van der Waals surface area contributed by atoms with Gasteiger partial charge in [-0.1, -0.05) is 215 Å². The number of fused-ring (bicyclic) bond motifs is 16. The summed E-state index contributed by atoms with van der Waals surface area (Å²) in [5.41, 5.74) is 34.4. The number of hydrogen-bond donors (Lipinski definition) is 0. The maximum atomic E-state index is 7.10. The van der Waals surface area contributed by atoms with Gasteiger partial charge in [-0.3, -0.25) is 0 Å². The van der Waals surface area contributed by atoms with Crippen LogP contribution in [0, 0.1) is 53.4 Å². The summed E-state index contributed by atoms with van der Waals surface area (Å²) in [4.78, 5) is 22.3. The van der Waals surface area contributed by atoms with E-state index in [0.29, 0.717) is 0 Å². The van der Waals surface area contributed by atoms with Crippen molar-refractivity contribution >= 4 is 122 Å². The molecule has 14 aromatic rings. The van der Waals surface area contributed by atoms with Crippen molar-refractivity contribution in [2.75, 3.05) is 0 Å². The minimum Gasteiger partial charge on any atom is -0.456 e. The van der Waals surface area contributed by atoms with E-state index in [9.17, 15) is 0 Å². The Morgan fingerprint density at radius 1 is 0.202 bits per heavy atom. The molecule has 8 aromatic carbocycles. The Hall–Kier alpha value is -12.2. The SMILES string of the molecule is Cc1ccc(-c2c3nc(c(-c4ccc(C)cc4)c4ccc(s4)c(-c4ccc(C#Cc5ccc(-c6c7nc(c(-c8ccc(C)cc8)c8ccc(s8)c(-c8ccc(C)cc8)c8nc(c(-c9ccc(C)cc9)c9ccc6s9)C=C8)C=C7)cc5)cc4)c4nc(c(-c5ccc(C)cc5)c5ccc2o5)C=C4)C=C3)cc1. The van der Waals surface area contributed by atoms with Gasteiger partial charge in [0.25, 0.3) is 0 Å². The van der Waals surface area contributed by atoms with Gasteiger partial charge in [0.15, 0.2) is 0 Å². The van der Waals surface area contributed by atoms with Crippen LogP contribution in [0.5, 0.6) is 0 Å². The molecular weight excluding hydrogens is 1320 g/mol. The highest BCUT2D eigenvalue weighted by molar-refractivity contribution is 7.25. The van der Waals surface area contributed by atoms with Crippen LogP contribution in [0.1, 0.15) is 90.1 Å². The molecule has 0 atom stereocenters. The summed E-state index contributed by atoms with van der Waals surface area (Å²) in [6.07, 6.45) is 17.4. The molecular formula is C96H66N4OS3. The van der Waals surface area contributed by atoms with E-state index in [4.69, 9.17) is 24.4 Å². The van der Waals surface area contributed by atoms with Crippen molar-refractivity contribution in [1.82, 2.24) is 19.9 Å². The molecule has 0 saturated carbocycles. The summed E-state index contributed by atoms with van der Waals surface area (Å²) < 4.78 is 13.8. The van der Waals surface area contributed by atoms with Gasteiger partial charge in [-0.2, -0.15) is 0 Å². The summed E-state index contributed by atoms with van der Waals surface area (Å²) in [5, 5.41) is 0. The largest absolute Gasteiger partial charge is 0.456 e. The van der Waals surface area contributed by atoms with E-state index in [1.54, 1.807) is 34.0 Å². The smallest absolute Gasteiger partial charge is 0.137 e. The van der Waals surface area contributed by atoms with Crippen molar-refractivity contribution in [1.29, 1.82) is 0 Å². The Morgan fingerprint density at radius 3 is 0.577 bits per heavy atom. The third-order valence-electron chi connectivity index (χ3n) is 19.7. The van der Waals surface area contributed by atoms with E-state index >= 15 is 0 Å². The summed E-state index contributed by atoms with van der Waals surface area (Å²) in [5.74, 6) is 7.10. The van der Waals surface area contributed by atoms with Crippen LogP contribution in [0.2, 0.25) is 0 Å². The third kappa shape index (κ3) is 12.2. The molecule has 0 spiro atoms. The fourth-order valence-corrected chi connectivity index (χ4v) is 17.7. The van der Waals surface area contributed by atoms with Crippen molar-refractivity contribution in [2.45, 2.75) is 41.5 Å². The molecule has 0 fully saturated rings. The van der Waals surface area contributed by atoms with Crippen molar-refractivity contribution in [3.8, 4) is 101 Å². The molecule has 6 aromatic heterocycles. The number of furan rings is 1. The molecule has 0 unspecified atom stereocenters. The molecule has 16 bridgehead atoms. The van der Waals surface area contributed by atoms with Crippen LogP contribution in [-0.2, 0) is 0 Å². The lowest BCUT2D eigenvalue weighted by molar-refractivity contribution is 0.667. The highest BCUT2D eigenvalue weighted by atomic mass is 32.1. The fraction of sp³-hybridized carbons (Fsp3) is 0.0625. The Labute approximate surface area is 616 Å². The summed E-state index contributed by atoms with van der Waals surface area (Å²) in [7, 11) is 0. The predicted molar refractivity (Wildman–Crippen MR) is 444 cm³/mol.